The summed E-state index contributed by atoms with van der Waals surface area (Å²) < 4.78 is 11.0. The molecule has 0 unspecified atom stereocenters. The van der Waals surface area contributed by atoms with Crippen molar-refractivity contribution in [1.82, 2.24) is 4.90 Å². The van der Waals surface area contributed by atoms with Gasteiger partial charge in [-0.2, -0.15) is 0 Å². The molecule has 0 amide bonds. The van der Waals surface area contributed by atoms with Gasteiger partial charge in [-0.15, -0.1) is 0 Å². The average molecular weight is 342 g/mol. The lowest BCUT2D eigenvalue weighted by atomic mass is 10.1. The normalized spacial score (nSPS) is 15.2. The van der Waals surface area contributed by atoms with Crippen LogP contribution in [0.2, 0.25) is 0 Å². The molecule has 25 heavy (non-hydrogen) atoms. The molecule has 1 heterocycles. The van der Waals surface area contributed by atoms with E-state index in [0.717, 1.165) is 49.7 Å². The number of para-hydroxylation sites is 2. The molecule has 0 spiro atoms. The fourth-order valence-corrected chi connectivity index (χ4v) is 3.22. The highest BCUT2D eigenvalue weighted by molar-refractivity contribution is 5.58. The zero-order valence-corrected chi connectivity index (χ0v) is 14.9. The number of benzene rings is 2. The van der Waals surface area contributed by atoms with Crippen LogP contribution in [0.1, 0.15) is 12.5 Å². The number of nitrogens with zero attached hydrogens (tertiary/aromatic N) is 2. The zero-order valence-electron chi connectivity index (χ0n) is 14.9. The van der Waals surface area contributed by atoms with Crippen molar-refractivity contribution < 1.29 is 14.6 Å². The Hall–Kier alpha value is -2.40. The van der Waals surface area contributed by atoms with Crippen LogP contribution in [-0.4, -0.2) is 49.9 Å². The molecule has 2 aromatic carbocycles. The van der Waals surface area contributed by atoms with Gasteiger partial charge < -0.3 is 19.5 Å². The van der Waals surface area contributed by atoms with Crippen LogP contribution >= 0.6 is 0 Å². The third-order valence-electron chi connectivity index (χ3n) is 4.53. The largest absolute Gasteiger partial charge is 0.504 e. The van der Waals surface area contributed by atoms with E-state index in [2.05, 4.69) is 21.9 Å². The predicted molar refractivity (Wildman–Crippen MR) is 99.8 cm³/mol. The summed E-state index contributed by atoms with van der Waals surface area (Å²) in [5.41, 5.74) is 2.32. The van der Waals surface area contributed by atoms with E-state index in [4.69, 9.17) is 9.47 Å². The first-order valence-electron chi connectivity index (χ1n) is 8.76. The Balaban J connectivity index is 1.60. The first-order valence-corrected chi connectivity index (χ1v) is 8.76. The number of phenolic OH excluding ortho intramolecular Hbond substituents is 1. The molecular formula is C20H26N2O3. The van der Waals surface area contributed by atoms with Gasteiger partial charge in [0.2, 0.25) is 0 Å². The number of anilines is 1. The molecule has 0 radical (unpaired) electrons. The van der Waals surface area contributed by atoms with Gasteiger partial charge in [0.05, 0.1) is 19.4 Å². The van der Waals surface area contributed by atoms with Gasteiger partial charge >= 0.3 is 0 Å². The van der Waals surface area contributed by atoms with Crippen molar-refractivity contribution >= 4 is 5.69 Å². The van der Waals surface area contributed by atoms with Crippen LogP contribution in [-0.2, 0) is 6.54 Å². The Kier molecular flexibility index (Phi) is 5.66. The summed E-state index contributed by atoms with van der Waals surface area (Å²) in [6.45, 7) is 7.25. The van der Waals surface area contributed by atoms with Crippen molar-refractivity contribution in [3.05, 3.63) is 48.0 Å². The average Bonchev–Trinajstić information content (AvgIpc) is 2.65. The number of methoxy groups -OCH3 is 1. The van der Waals surface area contributed by atoms with Gasteiger partial charge in [-0.3, -0.25) is 4.90 Å². The Morgan fingerprint density at radius 3 is 2.48 bits per heavy atom. The van der Waals surface area contributed by atoms with Crippen molar-refractivity contribution in [3.63, 3.8) is 0 Å². The molecule has 0 aromatic heterocycles. The smallest absolute Gasteiger partial charge is 0.161 e. The van der Waals surface area contributed by atoms with Crippen LogP contribution in [0.25, 0.3) is 0 Å². The van der Waals surface area contributed by atoms with E-state index >= 15 is 0 Å². The molecule has 1 saturated heterocycles. The van der Waals surface area contributed by atoms with Crippen LogP contribution in [0, 0.1) is 0 Å². The van der Waals surface area contributed by atoms with Crippen LogP contribution < -0.4 is 14.4 Å². The van der Waals surface area contributed by atoms with E-state index in [1.165, 1.54) is 0 Å². The zero-order chi connectivity index (χ0) is 17.6. The molecule has 1 aliphatic heterocycles. The minimum absolute atomic E-state index is 0.201. The van der Waals surface area contributed by atoms with Gasteiger partial charge in [0.15, 0.2) is 11.5 Å². The predicted octanol–water partition coefficient (Wildman–Crippen LogP) is 3.12. The van der Waals surface area contributed by atoms with Crippen LogP contribution in [0.5, 0.6) is 17.2 Å². The van der Waals surface area contributed by atoms with Crippen molar-refractivity contribution in [1.29, 1.82) is 0 Å². The number of piperazine rings is 1. The van der Waals surface area contributed by atoms with Crippen molar-refractivity contribution in [2.45, 2.75) is 13.5 Å². The summed E-state index contributed by atoms with van der Waals surface area (Å²) in [7, 11) is 1.72. The van der Waals surface area contributed by atoms with E-state index in [1.54, 1.807) is 13.2 Å². The fraction of sp³-hybridized carbons (Fsp3) is 0.400. The second-order valence-electron chi connectivity index (χ2n) is 6.17. The quantitative estimate of drug-likeness (QED) is 0.874. The summed E-state index contributed by atoms with van der Waals surface area (Å²) in [4.78, 5) is 4.80. The highest BCUT2D eigenvalue weighted by Gasteiger charge is 2.19. The van der Waals surface area contributed by atoms with Gasteiger partial charge in [-0.1, -0.05) is 18.2 Å². The van der Waals surface area contributed by atoms with Gasteiger partial charge in [0, 0.05) is 32.7 Å². The minimum atomic E-state index is 0.201. The molecule has 1 fully saturated rings. The lowest BCUT2D eigenvalue weighted by Gasteiger charge is -2.36. The molecule has 0 aliphatic carbocycles. The van der Waals surface area contributed by atoms with E-state index in [-0.39, 0.29) is 5.75 Å². The Morgan fingerprint density at radius 2 is 1.76 bits per heavy atom. The molecule has 0 saturated carbocycles. The fourth-order valence-electron chi connectivity index (χ4n) is 3.22. The third kappa shape index (κ3) is 4.17. The van der Waals surface area contributed by atoms with Crippen molar-refractivity contribution in [2.24, 2.45) is 0 Å². The first kappa shape index (κ1) is 17.4. The molecule has 134 valence electrons. The van der Waals surface area contributed by atoms with Crippen LogP contribution in [0.15, 0.2) is 42.5 Å². The molecule has 1 aliphatic rings. The summed E-state index contributed by atoms with van der Waals surface area (Å²) >= 11 is 0. The number of rotatable bonds is 6. The molecule has 0 atom stereocenters. The molecule has 1 N–H and O–H groups in total. The van der Waals surface area contributed by atoms with Crippen LogP contribution in [0.4, 0.5) is 5.69 Å². The molecule has 5 heteroatoms. The van der Waals surface area contributed by atoms with Gasteiger partial charge in [0.25, 0.3) is 0 Å². The molecular weight excluding hydrogens is 316 g/mol. The first-order chi connectivity index (χ1) is 12.2. The van der Waals surface area contributed by atoms with Crippen molar-refractivity contribution in [3.8, 4) is 17.2 Å². The maximum Gasteiger partial charge on any atom is 0.161 e. The van der Waals surface area contributed by atoms with E-state index in [9.17, 15) is 5.11 Å². The van der Waals surface area contributed by atoms with Gasteiger partial charge in [0.1, 0.15) is 5.75 Å². The molecule has 5 nitrogen and oxygen atoms in total. The highest BCUT2D eigenvalue weighted by Crippen LogP contribution is 2.30. The van der Waals surface area contributed by atoms with E-state index in [1.807, 2.05) is 31.2 Å². The van der Waals surface area contributed by atoms with Crippen LogP contribution in [0.3, 0.4) is 0 Å². The van der Waals surface area contributed by atoms with E-state index in [0.29, 0.717) is 12.4 Å². The monoisotopic (exact) mass is 342 g/mol. The second kappa shape index (κ2) is 8.12. The van der Waals surface area contributed by atoms with Crippen molar-refractivity contribution in [2.75, 3.05) is 44.8 Å². The Labute approximate surface area is 149 Å². The standard InChI is InChI=1S/C20H26N2O3/c1-3-25-20-14-16(8-9-18(20)23)15-21-10-12-22(13-11-21)17-6-4-5-7-19(17)24-2/h4-9,14,23H,3,10-13,15H2,1-2H3. The maximum atomic E-state index is 9.82. The van der Waals surface area contributed by atoms with E-state index < -0.39 is 0 Å². The Bertz CT molecular complexity index is 697. The topological polar surface area (TPSA) is 45.2 Å². The van der Waals surface area contributed by atoms with Gasteiger partial charge in [-0.25, -0.2) is 0 Å². The third-order valence-corrected chi connectivity index (χ3v) is 4.53. The molecule has 0 bridgehead atoms. The Morgan fingerprint density at radius 1 is 1.00 bits per heavy atom. The summed E-state index contributed by atoms with van der Waals surface area (Å²) in [6, 6.07) is 13.8. The lowest BCUT2D eigenvalue weighted by Crippen LogP contribution is -2.46. The summed E-state index contributed by atoms with van der Waals surface area (Å²) in [5, 5.41) is 9.82. The SMILES string of the molecule is CCOc1cc(CN2CCN(c3ccccc3OC)CC2)ccc1O. The lowest BCUT2D eigenvalue weighted by molar-refractivity contribution is 0.248. The number of phenols is 1. The minimum Gasteiger partial charge on any atom is -0.504 e. The summed E-state index contributed by atoms with van der Waals surface area (Å²) in [5.74, 6) is 1.69. The van der Waals surface area contributed by atoms with Gasteiger partial charge in [-0.05, 0) is 36.8 Å². The number of ether oxygens (including phenoxy) is 2. The number of hydrogen-bond donors (Lipinski definition) is 1. The molecule has 2 aromatic rings. The summed E-state index contributed by atoms with van der Waals surface area (Å²) in [6.07, 6.45) is 0. The highest BCUT2D eigenvalue weighted by atomic mass is 16.5. The molecule has 3 rings (SSSR count). The maximum absolute atomic E-state index is 9.82. The number of hydrogen-bond acceptors (Lipinski definition) is 5. The second-order valence-corrected chi connectivity index (χ2v) is 6.17. The number of aromatic hydroxyl groups is 1.